The van der Waals surface area contributed by atoms with Gasteiger partial charge in [-0.1, -0.05) is 39.7 Å². The van der Waals surface area contributed by atoms with E-state index in [0.717, 1.165) is 36.0 Å². The van der Waals surface area contributed by atoms with Gasteiger partial charge in [0.1, 0.15) is 0 Å². The Bertz CT molecular complexity index is 1190. The standard InChI is InChI=1S/C23H22BrClN2O4S/c24-17-5-9-19(10-6-17)32(29,30)22-12-11-21(31-22)23(28)26-15-20(27-13-1-2-14-27)16-3-7-18(25)8-4-16/h3-12,20H,1-2,13-15H2,(H,26,28). The fourth-order valence-electron chi connectivity index (χ4n) is 3.79. The average Bonchev–Trinajstić information content (AvgIpc) is 3.48. The van der Waals surface area contributed by atoms with Crippen molar-refractivity contribution in [1.82, 2.24) is 10.2 Å². The summed E-state index contributed by atoms with van der Waals surface area (Å²) in [6, 6.07) is 16.5. The number of benzene rings is 2. The monoisotopic (exact) mass is 536 g/mol. The Kier molecular flexibility index (Phi) is 7.05. The number of amides is 1. The van der Waals surface area contributed by atoms with Gasteiger partial charge >= 0.3 is 0 Å². The van der Waals surface area contributed by atoms with Crippen LogP contribution in [0.4, 0.5) is 0 Å². The number of carbonyl (C=O) groups is 1. The van der Waals surface area contributed by atoms with Gasteiger partial charge in [0.25, 0.3) is 5.91 Å². The zero-order valence-electron chi connectivity index (χ0n) is 17.1. The molecule has 2 heterocycles. The van der Waals surface area contributed by atoms with Gasteiger partial charge in [0.15, 0.2) is 5.76 Å². The molecular formula is C23H22BrClN2O4S. The minimum atomic E-state index is -3.85. The number of hydrogen-bond donors (Lipinski definition) is 1. The van der Waals surface area contributed by atoms with Gasteiger partial charge in [-0.05, 0) is 80.0 Å². The quantitative estimate of drug-likeness (QED) is 0.454. The van der Waals surface area contributed by atoms with E-state index in [1.165, 1.54) is 24.3 Å². The predicted molar refractivity (Wildman–Crippen MR) is 126 cm³/mol. The van der Waals surface area contributed by atoms with E-state index in [-0.39, 0.29) is 21.8 Å². The lowest BCUT2D eigenvalue weighted by Gasteiger charge is -2.28. The molecule has 1 unspecified atom stereocenters. The molecule has 1 aliphatic rings. The summed E-state index contributed by atoms with van der Waals surface area (Å²) in [5, 5.41) is 3.29. The molecule has 0 saturated carbocycles. The highest BCUT2D eigenvalue weighted by Crippen LogP contribution is 2.27. The minimum Gasteiger partial charge on any atom is -0.439 e. The molecule has 6 nitrogen and oxygen atoms in total. The fourth-order valence-corrected chi connectivity index (χ4v) is 5.35. The summed E-state index contributed by atoms with van der Waals surface area (Å²) in [5.41, 5.74) is 1.06. The van der Waals surface area contributed by atoms with E-state index in [1.807, 2.05) is 24.3 Å². The number of likely N-dealkylation sites (tertiary alicyclic amines) is 1. The number of sulfone groups is 1. The number of hydrogen-bond acceptors (Lipinski definition) is 5. The third-order valence-electron chi connectivity index (χ3n) is 5.49. The van der Waals surface area contributed by atoms with Crippen LogP contribution in [0.15, 0.2) is 79.5 Å². The molecule has 32 heavy (non-hydrogen) atoms. The summed E-state index contributed by atoms with van der Waals surface area (Å²) in [4.78, 5) is 15.1. The number of halogens is 2. The highest BCUT2D eigenvalue weighted by molar-refractivity contribution is 9.10. The summed E-state index contributed by atoms with van der Waals surface area (Å²) in [6.45, 7) is 2.29. The molecule has 1 saturated heterocycles. The topological polar surface area (TPSA) is 79.6 Å². The Balaban J connectivity index is 1.48. The first-order valence-electron chi connectivity index (χ1n) is 10.2. The molecule has 1 atom stereocenters. The molecule has 1 fully saturated rings. The van der Waals surface area contributed by atoms with E-state index in [2.05, 4.69) is 26.1 Å². The van der Waals surface area contributed by atoms with Crippen molar-refractivity contribution in [2.45, 2.75) is 28.9 Å². The maximum absolute atomic E-state index is 12.8. The van der Waals surface area contributed by atoms with Gasteiger partial charge in [0.05, 0.1) is 10.9 Å². The van der Waals surface area contributed by atoms with Crippen LogP contribution in [0, 0.1) is 0 Å². The maximum atomic E-state index is 12.8. The van der Waals surface area contributed by atoms with Crippen molar-refractivity contribution < 1.29 is 17.6 Å². The van der Waals surface area contributed by atoms with Crippen molar-refractivity contribution in [3.8, 4) is 0 Å². The van der Waals surface area contributed by atoms with Gasteiger partial charge in [0, 0.05) is 16.0 Å². The first kappa shape index (κ1) is 23.0. The second-order valence-corrected chi connectivity index (χ2v) is 10.8. The first-order valence-corrected chi connectivity index (χ1v) is 12.9. The molecule has 1 N–H and O–H groups in total. The molecule has 0 radical (unpaired) electrons. The van der Waals surface area contributed by atoms with Crippen molar-refractivity contribution in [3.05, 3.63) is 81.5 Å². The van der Waals surface area contributed by atoms with Crippen LogP contribution in [-0.4, -0.2) is 38.9 Å². The molecule has 1 aromatic heterocycles. The number of nitrogens with one attached hydrogen (secondary N) is 1. The molecule has 0 spiro atoms. The van der Waals surface area contributed by atoms with Crippen LogP contribution < -0.4 is 5.32 Å². The van der Waals surface area contributed by atoms with Crippen LogP contribution in [-0.2, 0) is 9.84 Å². The van der Waals surface area contributed by atoms with E-state index in [9.17, 15) is 13.2 Å². The number of nitrogens with zero attached hydrogens (tertiary/aromatic N) is 1. The van der Waals surface area contributed by atoms with E-state index in [1.54, 1.807) is 12.1 Å². The molecular weight excluding hydrogens is 516 g/mol. The van der Waals surface area contributed by atoms with Crippen LogP contribution in [0.2, 0.25) is 5.02 Å². The lowest BCUT2D eigenvalue weighted by atomic mass is 10.1. The van der Waals surface area contributed by atoms with Crippen LogP contribution in [0.1, 0.15) is 35.0 Å². The highest BCUT2D eigenvalue weighted by Gasteiger charge is 2.26. The fraction of sp³-hybridized carbons (Fsp3) is 0.261. The van der Waals surface area contributed by atoms with Gasteiger partial charge < -0.3 is 9.73 Å². The zero-order chi connectivity index (χ0) is 22.7. The molecule has 4 rings (SSSR count). The first-order chi connectivity index (χ1) is 15.3. The normalized spacial score (nSPS) is 15.6. The Morgan fingerprint density at radius 1 is 1.03 bits per heavy atom. The lowest BCUT2D eigenvalue weighted by Crippen LogP contribution is -2.36. The number of furan rings is 1. The molecule has 0 aliphatic carbocycles. The Labute approximate surface area is 200 Å². The molecule has 1 aliphatic heterocycles. The summed E-state index contributed by atoms with van der Waals surface area (Å²) in [6.07, 6.45) is 2.24. The maximum Gasteiger partial charge on any atom is 0.287 e. The molecule has 2 aromatic carbocycles. The highest BCUT2D eigenvalue weighted by atomic mass is 79.9. The summed E-state index contributed by atoms with van der Waals surface area (Å²) >= 11 is 9.31. The SMILES string of the molecule is O=C(NCC(c1ccc(Cl)cc1)N1CCCC1)c1ccc(S(=O)(=O)c2ccc(Br)cc2)o1. The minimum absolute atomic E-state index is 0.000326. The van der Waals surface area contributed by atoms with Gasteiger partial charge in [-0.3, -0.25) is 9.69 Å². The third-order valence-corrected chi connectivity index (χ3v) is 7.91. The molecule has 0 bridgehead atoms. The lowest BCUT2D eigenvalue weighted by molar-refractivity contribution is 0.0905. The van der Waals surface area contributed by atoms with Crippen molar-refractivity contribution >= 4 is 43.3 Å². The van der Waals surface area contributed by atoms with E-state index < -0.39 is 15.7 Å². The van der Waals surface area contributed by atoms with Crippen LogP contribution in [0.25, 0.3) is 0 Å². The number of carbonyl (C=O) groups excluding carboxylic acids is 1. The van der Waals surface area contributed by atoms with Crippen molar-refractivity contribution in [3.63, 3.8) is 0 Å². The third kappa shape index (κ3) is 5.09. The van der Waals surface area contributed by atoms with E-state index in [4.69, 9.17) is 16.0 Å². The second-order valence-electron chi connectivity index (χ2n) is 7.60. The summed E-state index contributed by atoms with van der Waals surface area (Å²) < 4.78 is 31.7. The van der Waals surface area contributed by atoms with Crippen LogP contribution >= 0.6 is 27.5 Å². The summed E-state index contributed by atoms with van der Waals surface area (Å²) in [7, 11) is -3.85. The van der Waals surface area contributed by atoms with E-state index in [0.29, 0.717) is 11.6 Å². The van der Waals surface area contributed by atoms with Gasteiger partial charge in [-0.2, -0.15) is 0 Å². The molecule has 168 valence electrons. The van der Waals surface area contributed by atoms with Crippen molar-refractivity contribution in [1.29, 1.82) is 0 Å². The van der Waals surface area contributed by atoms with Gasteiger partial charge in [0.2, 0.25) is 14.9 Å². The largest absolute Gasteiger partial charge is 0.439 e. The van der Waals surface area contributed by atoms with Gasteiger partial charge in [-0.15, -0.1) is 0 Å². The predicted octanol–water partition coefficient (Wildman–Crippen LogP) is 5.10. The van der Waals surface area contributed by atoms with Crippen LogP contribution in [0.3, 0.4) is 0 Å². The Hall–Kier alpha value is -2.13. The van der Waals surface area contributed by atoms with E-state index >= 15 is 0 Å². The average molecular weight is 538 g/mol. The van der Waals surface area contributed by atoms with Gasteiger partial charge in [-0.25, -0.2) is 8.42 Å². The van der Waals surface area contributed by atoms with Crippen LogP contribution in [0.5, 0.6) is 0 Å². The summed E-state index contributed by atoms with van der Waals surface area (Å²) in [5.74, 6) is -0.502. The van der Waals surface area contributed by atoms with Crippen molar-refractivity contribution in [2.75, 3.05) is 19.6 Å². The second kappa shape index (κ2) is 9.79. The Morgan fingerprint density at radius 2 is 1.69 bits per heavy atom. The Morgan fingerprint density at radius 3 is 2.34 bits per heavy atom. The molecule has 9 heteroatoms. The molecule has 1 amide bonds. The van der Waals surface area contributed by atoms with Crippen molar-refractivity contribution in [2.24, 2.45) is 0 Å². The smallest absolute Gasteiger partial charge is 0.287 e. The number of rotatable bonds is 7. The zero-order valence-corrected chi connectivity index (χ0v) is 20.3. The molecule has 3 aromatic rings.